The molecule has 0 aliphatic carbocycles. The number of benzene rings is 1. The number of hydrogen-bond donors (Lipinski definition) is 1. The summed E-state index contributed by atoms with van der Waals surface area (Å²) in [5.74, 6) is 0.376. The molecule has 1 saturated heterocycles. The van der Waals surface area contributed by atoms with E-state index in [1.54, 1.807) is 4.90 Å². The van der Waals surface area contributed by atoms with E-state index in [1.165, 1.54) is 23.9 Å². The molecule has 1 amide bonds. The predicted octanol–water partition coefficient (Wildman–Crippen LogP) is 2.88. The smallest absolute Gasteiger partial charge is 0.385 e. The lowest BCUT2D eigenvalue weighted by Gasteiger charge is -2.38. The molecule has 0 unspecified atom stereocenters. The van der Waals surface area contributed by atoms with Gasteiger partial charge >= 0.3 is 6.18 Å². The van der Waals surface area contributed by atoms with Crippen LogP contribution in [0, 0.1) is 0 Å². The summed E-state index contributed by atoms with van der Waals surface area (Å²) in [6.45, 7) is 0.707. The van der Waals surface area contributed by atoms with E-state index in [2.05, 4.69) is 0 Å². The van der Waals surface area contributed by atoms with Gasteiger partial charge in [0.05, 0.1) is 16.9 Å². The number of rotatable bonds is 3. The highest BCUT2D eigenvalue weighted by molar-refractivity contribution is 7.99. The molecule has 0 bridgehead atoms. The van der Waals surface area contributed by atoms with E-state index in [1.807, 2.05) is 6.26 Å². The summed E-state index contributed by atoms with van der Waals surface area (Å²) in [6.07, 6.45) is -2.11. The summed E-state index contributed by atoms with van der Waals surface area (Å²) in [6, 6.07) is 4.80. The van der Waals surface area contributed by atoms with Crippen LogP contribution in [0.1, 0.15) is 24.0 Å². The Morgan fingerprint density at radius 3 is 2.55 bits per heavy atom. The van der Waals surface area contributed by atoms with E-state index < -0.39 is 17.3 Å². The molecule has 1 aromatic rings. The Balaban J connectivity index is 2.12. The number of hydrogen-bond acceptors (Lipinski definition) is 3. The number of halogens is 3. The Kier molecular flexibility index (Phi) is 5.07. The van der Waals surface area contributed by atoms with E-state index in [4.69, 9.17) is 0 Å². The lowest BCUT2D eigenvalue weighted by atomic mass is 9.83. The molecule has 122 valence electrons. The molecule has 0 aromatic heterocycles. The molecule has 1 fully saturated rings. The summed E-state index contributed by atoms with van der Waals surface area (Å²) in [4.78, 5) is 13.5. The van der Waals surface area contributed by atoms with Crippen LogP contribution in [0.3, 0.4) is 0 Å². The van der Waals surface area contributed by atoms with Crippen molar-refractivity contribution in [3.63, 3.8) is 0 Å². The molecule has 0 spiro atoms. The second kappa shape index (κ2) is 6.50. The number of aliphatic hydroxyl groups is 1. The molecule has 1 heterocycles. The first-order valence-electron chi connectivity index (χ1n) is 6.93. The monoisotopic (exact) mass is 333 g/mol. The number of thioether (sulfide) groups is 1. The zero-order valence-electron chi connectivity index (χ0n) is 12.2. The molecule has 1 aliphatic rings. The van der Waals surface area contributed by atoms with Crippen LogP contribution < -0.4 is 0 Å². The standard InChI is InChI=1S/C15H18F3NO2S/c1-22-10-13(20)19-7-5-14(21,6-8-19)11-3-2-4-12(9-11)15(16,17)18/h2-4,9,21H,5-8,10H2,1H3. The SMILES string of the molecule is CSCC(=O)N1CCC(O)(c2cccc(C(F)(F)F)c2)CC1. The maximum absolute atomic E-state index is 12.8. The molecule has 0 radical (unpaired) electrons. The van der Waals surface area contributed by atoms with Crippen LogP contribution in [-0.4, -0.2) is 41.0 Å². The molecule has 2 rings (SSSR count). The summed E-state index contributed by atoms with van der Waals surface area (Å²) >= 11 is 1.43. The number of carbonyl (C=O) groups is 1. The third kappa shape index (κ3) is 3.76. The van der Waals surface area contributed by atoms with Crippen molar-refractivity contribution >= 4 is 17.7 Å². The van der Waals surface area contributed by atoms with Gasteiger partial charge in [-0.25, -0.2) is 0 Å². The Hall–Kier alpha value is -1.21. The molecule has 7 heteroatoms. The van der Waals surface area contributed by atoms with Gasteiger partial charge in [0.2, 0.25) is 5.91 Å². The zero-order valence-corrected chi connectivity index (χ0v) is 13.0. The molecule has 3 nitrogen and oxygen atoms in total. The van der Waals surface area contributed by atoms with E-state index >= 15 is 0 Å². The van der Waals surface area contributed by atoms with Crippen LogP contribution in [0.15, 0.2) is 24.3 Å². The van der Waals surface area contributed by atoms with Crippen molar-refractivity contribution in [1.82, 2.24) is 4.90 Å². The summed E-state index contributed by atoms with van der Waals surface area (Å²) in [7, 11) is 0. The Morgan fingerprint density at radius 1 is 1.36 bits per heavy atom. The summed E-state index contributed by atoms with van der Waals surface area (Å²) in [5, 5.41) is 10.7. The molecule has 1 N–H and O–H groups in total. The van der Waals surface area contributed by atoms with Gasteiger partial charge in [0.25, 0.3) is 0 Å². The minimum absolute atomic E-state index is 0.00130. The first-order chi connectivity index (χ1) is 10.3. The predicted molar refractivity (Wildman–Crippen MR) is 79.5 cm³/mol. The van der Waals surface area contributed by atoms with Crippen molar-refractivity contribution < 1.29 is 23.1 Å². The number of piperidine rings is 1. The van der Waals surface area contributed by atoms with Crippen molar-refractivity contribution in [3.8, 4) is 0 Å². The van der Waals surface area contributed by atoms with Gasteiger partial charge in [0.15, 0.2) is 0 Å². The number of alkyl halides is 3. The summed E-state index contributed by atoms with van der Waals surface area (Å²) < 4.78 is 38.3. The number of amides is 1. The zero-order chi connectivity index (χ0) is 16.4. The van der Waals surface area contributed by atoms with Gasteiger partial charge < -0.3 is 10.0 Å². The normalized spacial score (nSPS) is 18.3. The Labute approximate surface area is 131 Å². The number of likely N-dealkylation sites (tertiary alicyclic amines) is 1. The highest BCUT2D eigenvalue weighted by Gasteiger charge is 2.37. The largest absolute Gasteiger partial charge is 0.416 e. The highest BCUT2D eigenvalue weighted by Crippen LogP contribution is 2.36. The number of carbonyl (C=O) groups excluding carboxylic acids is 1. The Bertz CT molecular complexity index is 540. The minimum Gasteiger partial charge on any atom is -0.385 e. The Morgan fingerprint density at radius 2 is 2.00 bits per heavy atom. The highest BCUT2D eigenvalue weighted by atomic mass is 32.2. The lowest BCUT2D eigenvalue weighted by Crippen LogP contribution is -2.45. The maximum atomic E-state index is 12.8. The van der Waals surface area contributed by atoms with Crippen LogP contribution in [0.25, 0.3) is 0 Å². The summed E-state index contributed by atoms with van der Waals surface area (Å²) in [5.41, 5.74) is -1.81. The molecule has 1 aliphatic heterocycles. The second-order valence-electron chi connectivity index (χ2n) is 5.42. The van der Waals surface area contributed by atoms with Gasteiger partial charge in [-0.05, 0) is 36.8 Å². The van der Waals surface area contributed by atoms with Crippen molar-refractivity contribution in [2.45, 2.75) is 24.6 Å². The third-order valence-electron chi connectivity index (χ3n) is 3.94. The first kappa shape index (κ1) is 17.1. The molecular weight excluding hydrogens is 315 g/mol. The number of nitrogens with zero attached hydrogens (tertiary/aromatic N) is 1. The molecule has 0 atom stereocenters. The van der Waals surface area contributed by atoms with E-state index in [0.29, 0.717) is 18.8 Å². The molecule has 1 aromatic carbocycles. The van der Waals surface area contributed by atoms with E-state index in [-0.39, 0.29) is 24.3 Å². The fourth-order valence-corrected chi connectivity index (χ4v) is 3.04. The lowest BCUT2D eigenvalue weighted by molar-refractivity contribution is -0.137. The van der Waals surface area contributed by atoms with Crippen LogP contribution in [-0.2, 0) is 16.6 Å². The van der Waals surface area contributed by atoms with Crippen LogP contribution in [0.4, 0.5) is 13.2 Å². The molecular formula is C15H18F3NO2S. The van der Waals surface area contributed by atoms with Gasteiger partial charge in [-0.3, -0.25) is 4.79 Å². The van der Waals surface area contributed by atoms with Crippen molar-refractivity contribution in [2.75, 3.05) is 25.1 Å². The van der Waals surface area contributed by atoms with E-state index in [0.717, 1.165) is 12.1 Å². The van der Waals surface area contributed by atoms with Crippen LogP contribution in [0.5, 0.6) is 0 Å². The topological polar surface area (TPSA) is 40.5 Å². The van der Waals surface area contributed by atoms with Crippen molar-refractivity contribution in [2.24, 2.45) is 0 Å². The van der Waals surface area contributed by atoms with Crippen molar-refractivity contribution in [3.05, 3.63) is 35.4 Å². The van der Waals surface area contributed by atoms with Gasteiger partial charge in [0.1, 0.15) is 0 Å². The van der Waals surface area contributed by atoms with Crippen LogP contribution in [0.2, 0.25) is 0 Å². The third-order valence-corrected chi connectivity index (χ3v) is 4.47. The van der Waals surface area contributed by atoms with Gasteiger partial charge in [-0.1, -0.05) is 12.1 Å². The van der Waals surface area contributed by atoms with Gasteiger partial charge in [-0.2, -0.15) is 24.9 Å². The molecule has 0 saturated carbocycles. The van der Waals surface area contributed by atoms with Gasteiger partial charge in [0, 0.05) is 13.1 Å². The molecule has 22 heavy (non-hydrogen) atoms. The minimum atomic E-state index is -4.43. The average molecular weight is 333 g/mol. The first-order valence-corrected chi connectivity index (χ1v) is 8.32. The van der Waals surface area contributed by atoms with Gasteiger partial charge in [-0.15, -0.1) is 0 Å². The fourth-order valence-electron chi connectivity index (χ4n) is 2.61. The maximum Gasteiger partial charge on any atom is 0.416 e. The van der Waals surface area contributed by atoms with E-state index in [9.17, 15) is 23.1 Å². The fraction of sp³-hybridized carbons (Fsp3) is 0.533. The van der Waals surface area contributed by atoms with Crippen LogP contribution >= 0.6 is 11.8 Å². The average Bonchev–Trinajstić information content (AvgIpc) is 2.47. The quantitative estimate of drug-likeness (QED) is 0.925. The van der Waals surface area contributed by atoms with Crippen molar-refractivity contribution in [1.29, 1.82) is 0 Å². The second-order valence-corrected chi connectivity index (χ2v) is 6.29.